The molecule has 1 fully saturated rings. The summed E-state index contributed by atoms with van der Waals surface area (Å²) >= 11 is 0. The molecule has 1 atom stereocenters. The summed E-state index contributed by atoms with van der Waals surface area (Å²) < 4.78 is 7.01. The lowest BCUT2D eigenvalue weighted by atomic mass is 9.81. The zero-order valence-electron chi connectivity index (χ0n) is 15.7. The van der Waals surface area contributed by atoms with Crippen LogP contribution in [0.15, 0.2) is 24.7 Å². The van der Waals surface area contributed by atoms with Crippen molar-refractivity contribution in [3.05, 3.63) is 41.3 Å². The quantitative estimate of drug-likeness (QED) is 0.780. The van der Waals surface area contributed by atoms with Crippen molar-refractivity contribution in [2.45, 2.75) is 43.6 Å². The number of anilines is 1. The first-order chi connectivity index (χ1) is 12.7. The van der Waals surface area contributed by atoms with E-state index in [-0.39, 0.29) is 0 Å². The summed E-state index contributed by atoms with van der Waals surface area (Å²) in [5.41, 5.74) is 4.00. The monoisotopic (exact) mass is 355 g/mol. The molecule has 1 saturated carbocycles. The van der Waals surface area contributed by atoms with Crippen molar-refractivity contribution in [1.82, 2.24) is 20.1 Å². The standard InChI is InChI=1S/C20H29N5O/c1-25-13-16(11-24-25)19-12-23-20-18(19)9-15(10-22-20)14-3-5-17(6-4-14)21-7-8-26-2/h9-11,13-14,17,19,21H,3-8,12H2,1-2H3,(H,22,23). The van der Waals surface area contributed by atoms with Gasteiger partial charge in [-0.1, -0.05) is 0 Å². The predicted octanol–water partition coefficient (Wildman–Crippen LogP) is 2.63. The Morgan fingerprint density at radius 3 is 2.81 bits per heavy atom. The minimum absolute atomic E-state index is 0.359. The molecule has 3 heterocycles. The van der Waals surface area contributed by atoms with Crippen molar-refractivity contribution in [2.24, 2.45) is 7.05 Å². The molecule has 1 unspecified atom stereocenters. The minimum atomic E-state index is 0.359. The smallest absolute Gasteiger partial charge is 0.129 e. The number of ether oxygens (including phenoxy) is 1. The fourth-order valence-corrected chi connectivity index (χ4v) is 4.36. The number of aryl methyl sites for hydroxylation is 1. The molecule has 0 spiro atoms. The second-order valence-corrected chi connectivity index (χ2v) is 7.58. The number of fused-ring (bicyclic) bond motifs is 1. The Morgan fingerprint density at radius 1 is 1.23 bits per heavy atom. The van der Waals surface area contributed by atoms with Gasteiger partial charge < -0.3 is 15.4 Å². The van der Waals surface area contributed by atoms with Crippen LogP contribution in [-0.2, 0) is 11.8 Å². The summed E-state index contributed by atoms with van der Waals surface area (Å²) in [6.07, 6.45) is 11.1. The second kappa shape index (κ2) is 7.76. The Hall–Kier alpha value is -1.92. The van der Waals surface area contributed by atoms with Crippen LogP contribution in [0.2, 0.25) is 0 Å². The summed E-state index contributed by atoms with van der Waals surface area (Å²) in [5.74, 6) is 2.03. The van der Waals surface area contributed by atoms with Gasteiger partial charge in [0.1, 0.15) is 5.82 Å². The molecule has 0 saturated heterocycles. The molecule has 0 radical (unpaired) electrons. The van der Waals surface area contributed by atoms with E-state index in [1.54, 1.807) is 7.11 Å². The average molecular weight is 355 g/mol. The first-order valence-corrected chi connectivity index (χ1v) is 9.69. The number of hydrogen-bond acceptors (Lipinski definition) is 5. The average Bonchev–Trinajstić information content (AvgIpc) is 3.28. The van der Waals surface area contributed by atoms with Crippen LogP contribution >= 0.6 is 0 Å². The Bertz CT molecular complexity index is 736. The van der Waals surface area contributed by atoms with Gasteiger partial charge in [-0.05, 0) is 48.8 Å². The summed E-state index contributed by atoms with van der Waals surface area (Å²) in [5, 5.41) is 11.4. The van der Waals surface area contributed by atoms with Gasteiger partial charge >= 0.3 is 0 Å². The Morgan fingerprint density at radius 2 is 2.08 bits per heavy atom. The third-order valence-corrected chi connectivity index (χ3v) is 5.85. The van der Waals surface area contributed by atoms with E-state index in [2.05, 4.69) is 34.2 Å². The predicted molar refractivity (Wildman–Crippen MR) is 103 cm³/mol. The van der Waals surface area contributed by atoms with Crippen molar-refractivity contribution >= 4 is 5.82 Å². The van der Waals surface area contributed by atoms with Crippen LogP contribution < -0.4 is 10.6 Å². The van der Waals surface area contributed by atoms with E-state index in [9.17, 15) is 0 Å². The van der Waals surface area contributed by atoms with Crippen LogP contribution in [0.4, 0.5) is 5.82 Å². The fraction of sp³-hybridized carbons (Fsp3) is 0.600. The molecule has 26 heavy (non-hydrogen) atoms. The van der Waals surface area contributed by atoms with Gasteiger partial charge in [0.15, 0.2) is 0 Å². The van der Waals surface area contributed by atoms with Crippen molar-refractivity contribution in [3.8, 4) is 0 Å². The van der Waals surface area contributed by atoms with Gasteiger partial charge in [0, 0.05) is 57.2 Å². The lowest BCUT2D eigenvalue weighted by molar-refractivity contribution is 0.191. The number of nitrogens with one attached hydrogen (secondary N) is 2. The van der Waals surface area contributed by atoms with Gasteiger partial charge in [0.2, 0.25) is 0 Å². The molecule has 2 aromatic heterocycles. The highest BCUT2D eigenvalue weighted by atomic mass is 16.5. The van der Waals surface area contributed by atoms with Crippen LogP contribution in [0.5, 0.6) is 0 Å². The summed E-state index contributed by atoms with van der Waals surface area (Å²) in [4.78, 5) is 4.73. The maximum absolute atomic E-state index is 5.13. The van der Waals surface area contributed by atoms with E-state index in [0.29, 0.717) is 17.9 Å². The molecule has 140 valence electrons. The number of aromatic nitrogens is 3. The molecule has 0 aromatic carbocycles. The Kier molecular flexibility index (Phi) is 5.22. The molecule has 6 heteroatoms. The van der Waals surface area contributed by atoms with E-state index in [0.717, 1.165) is 25.5 Å². The molecule has 2 aromatic rings. The first kappa shape index (κ1) is 17.5. The van der Waals surface area contributed by atoms with Gasteiger partial charge in [-0.3, -0.25) is 4.68 Å². The van der Waals surface area contributed by atoms with Crippen LogP contribution in [0.1, 0.15) is 54.2 Å². The molecule has 4 rings (SSSR count). The lowest BCUT2D eigenvalue weighted by Gasteiger charge is -2.29. The second-order valence-electron chi connectivity index (χ2n) is 7.58. The third-order valence-electron chi connectivity index (χ3n) is 5.85. The van der Waals surface area contributed by atoms with Gasteiger partial charge in [0.05, 0.1) is 12.8 Å². The molecule has 0 amide bonds. The topological polar surface area (TPSA) is 64.0 Å². The minimum Gasteiger partial charge on any atom is -0.383 e. The first-order valence-electron chi connectivity index (χ1n) is 9.69. The lowest BCUT2D eigenvalue weighted by Crippen LogP contribution is -2.34. The van der Waals surface area contributed by atoms with Gasteiger partial charge in [-0.25, -0.2) is 4.98 Å². The maximum Gasteiger partial charge on any atom is 0.129 e. The molecule has 2 aliphatic rings. The van der Waals surface area contributed by atoms with Gasteiger partial charge in [-0.15, -0.1) is 0 Å². The number of hydrogen-bond donors (Lipinski definition) is 2. The van der Waals surface area contributed by atoms with E-state index >= 15 is 0 Å². The molecule has 1 aliphatic carbocycles. The molecule has 1 aliphatic heterocycles. The fourth-order valence-electron chi connectivity index (χ4n) is 4.36. The molecular formula is C20H29N5O. The maximum atomic E-state index is 5.13. The number of methoxy groups -OCH3 is 1. The summed E-state index contributed by atoms with van der Waals surface area (Å²) in [6.45, 7) is 2.65. The zero-order valence-corrected chi connectivity index (χ0v) is 15.7. The van der Waals surface area contributed by atoms with Crippen molar-refractivity contribution in [1.29, 1.82) is 0 Å². The summed E-state index contributed by atoms with van der Waals surface area (Å²) in [6, 6.07) is 3.03. The highest BCUT2D eigenvalue weighted by Gasteiger charge is 2.28. The zero-order chi connectivity index (χ0) is 17.9. The van der Waals surface area contributed by atoms with E-state index in [1.165, 1.54) is 42.4 Å². The Labute approximate surface area is 155 Å². The van der Waals surface area contributed by atoms with Crippen LogP contribution in [0.25, 0.3) is 0 Å². The van der Waals surface area contributed by atoms with E-state index in [4.69, 9.17) is 9.72 Å². The number of nitrogens with zero attached hydrogens (tertiary/aromatic N) is 3. The highest BCUT2D eigenvalue weighted by Crippen LogP contribution is 2.39. The van der Waals surface area contributed by atoms with E-state index < -0.39 is 0 Å². The Balaban J connectivity index is 1.43. The van der Waals surface area contributed by atoms with Gasteiger partial charge in [-0.2, -0.15) is 5.10 Å². The molecule has 2 N–H and O–H groups in total. The normalized spacial score (nSPS) is 25.1. The number of rotatable bonds is 6. The van der Waals surface area contributed by atoms with Crippen LogP contribution in [0.3, 0.4) is 0 Å². The van der Waals surface area contributed by atoms with Crippen molar-refractivity contribution in [3.63, 3.8) is 0 Å². The third kappa shape index (κ3) is 3.62. The van der Waals surface area contributed by atoms with Crippen molar-refractivity contribution < 1.29 is 4.74 Å². The molecule has 0 bridgehead atoms. The highest BCUT2D eigenvalue weighted by molar-refractivity contribution is 5.56. The van der Waals surface area contributed by atoms with Crippen LogP contribution in [0, 0.1) is 0 Å². The molecular weight excluding hydrogens is 326 g/mol. The number of pyridine rings is 1. The molecule has 6 nitrogen and oxygen atoms in total. The van der Waals surface area contributed by atoms with Crippen LogP contribution in [-0.4, -0.2) is 47.6 Å². The SMILES string of the molecule is COCCNC1CCC(c2cnc3c(c2)C(c2cnn(C)c2)CN3)CC1. The largest absolute Gasteiger partial charge is 0.383 e. The summed E-state index contributed by atoms with van der Waals surface area (Å²) in [7, 11) is 3.73. The van der Waals surface area contributed by atoms with Crippen molar-refractivity contribution in [2.75, 3.05) is 32.1 Å². The van der Waals surface area contributed by atoms with Gasteiger partial charge in [0.25, 0.3) is 0 Å². The van der Waals surface area contributed by atoms with E-state index in [1.807, 2.05) is 17.9 Å².